The third kappa shape index (κ3) is 3.54. The average molecular weight is 221 g/mol. The third-order valence-electron chi connectivity index (χ3n) is 2.81. The molecule has 0 radical (unpaired) electrons. The van der Waals surface area contributed by atoms with Crippen LogP contribution in [0.1, 0.15) is 29.9 Å². The van der Waals surface area contributed by atoms with Crippen molar-refractivity contribution in [2.24, 2.45) is 0 Å². The zero-order chi connectivity index (χ0) is 10.5. The highest BCUT2D eigenvalue weighted by molar-refractivity contribution is 7.98. The van der Waals surface area contributed by atoms with Gasteiger partial charge in [-0.1, -0.05) is 24.3 Å². The first-order valence-corrected chi connectivity index (χ1v) is 7.08. The average Bonchev–Trinajstić information content (AvgIpc) is 3.09. The van der Waals surface area contributed by atoms with Gasteiger partial charge in [0.1, 0.15) is 0 Å². The van der Waals surface area contributed by atoms with Gasteiger partial charge < -0.3 is 5.32 Å². The highest BCUT2D eigenvalue weighted by Crippen LogP contribution is 2.40. The molecule has 1 aliphatic rings. The number of benzene rings is 1. The van der Waals surface area contributed by atoms with Crippen LogP contribution in [0.4, 0.5) is 0 Å². The monoisotopic (exact) mass is 221 g/mol. The summed E-state index contributed by atoms with van der Waals surface area (Å²) in [6.07, 6.45) is 4.93. The normalized spacial score (nSPS) is 15.5. The molecule has 0 atom stereocenters. The Labute approximate surface area is 96.7 Å². The zero-order valence-corrected chi connectivity index (χ0v) is 10.1. The minimum atomic E-state index is 0.871. The Morgan fingerprint density at radius 1 is 1.40 bits per heavy atom. The van der Waals surface area contributed by atoms with Crippen molar-refractivity contribution in [1.29, 1.82) is 0 Å². The maximum Gasteiger partial charge on any atom is 0.0205 e. The van der Waals surface area contributed by atoms with Crippen molar-refractivity contribution in [3.8, 4) is 0 Å². The van der Waals surface area contributed by atoms with E-state index in [1.54, 1.807) is 5.56 Å². The van der Waals surface area contributed by atoms with Crippen molar-refractivity contribution in [2.75, 3.05) is 18.6 Å². The summed E-state index contributed by atoms with van der Waals surface area (Å²) in [7, 11) is 0. The lowest BCUT2D eigenvalue weighted by Crippen LogP contribution is -2.16. The predicted octanol–water partition coefficient (Wildman–Crippen LogP) is 3.02. The van der Waals surface area contributed by atoms with Gasteiger partial charge in [0, 0.05) is 18.8 Å². The van der Waals surface area contributed by atoms with Crippen molar-refractivity contribution in [1.82, 2.24) is 5.32 Å². The van der Waals surface area contributed by atoms with Crippen LogP contribution in [0.3, 0.4) is 0 Å². The number of rotatable bonds is 6. The standard InChI is InChI=1S/C13H19NS/c1-15-8-7-14-10-11-3-2-4-13(9-11)12-5-6-12/h2-4,9,12,14H,5-8,10H2,1H3. The lowest BCUT2D eigenvalue weighted by molar-refractivity contribution is 0.731. The van der Waals surface area contributed by atoms with Gasteiger partial charge in [0.05, 0.1) is 0 Å². The van der Waals surface area contributed by atoms with Gasteiger partial charge in [-0.15, -0.1) is 0 Å². The Kier molecular flexibility index (Phi) is 4.09. The van der Waals surface area contributed by atoms with E-state index in [0.29, 0.717) is 0 Å². The van der Waals surface area contributed by atoms with Gasteiger partial charge in [-0.2, -0.15) is 11.8 Å². The van der Waals surface area contributed by atoms with E-state index in [2.05, 4.69) is 35.8 Å². The molecule has 0 aliphatic heterocycles. The van der Waals surface area contributed by atoms with Crippen molar-refractivity contribution in [3.63, 3.8) is 0 Å². The van der Waals surface area contributed by atoms with Gasteiger partial charge in [0.25, 0.3) is 0 Å². The largest absolute Gasteiger partial charge is 0.312 e. The smallest absolute Gasteiger partial charge is 0.0205 e. The fraction of sp³-hybridized carbons (Fsp3) is 0.538. The summed E-state index contributed by atoms with van der Waals surface area (Å²) >= 11 is 1.89. The Hall–Kier alpha value is -0.470. The molecule has 1 aliphatic carbocycles. The molecule has 0 saturated heterocycles. The molecular formula is C13H19NS. The van der Waals surface area contributed by atoms with Gasteiger partial charge in [-0.3, -0.25) is 0 Å². The van der Waals surface area contributed by atoms with Crippen LogP contribution in [0.2, 0.25) is 0 Å². The topological polar surface area (TPSA) is 12.0 Å². The molecule has 2 heteroatoms. The van der Waals surface area contributed by atoms with Gasteiger partial charge in [0.2, 0.25) is 0 Å². The van der Waals surface area contributed by atoms with Crippen LogP contribution in [-0.4, -0.2) is 18.6 Å². The molecule has 82 valence electrons. The predicted molar refractivity (Wildman–Crippen MR) is 68.5 cm³/mol. The lowest BCUT2D eigenvalue weighted by Gasteiger charge is -2.05. The van der Waals surface area contributed by atoms with E-state index in [1.165, 1.54) is 24.2 Å². The molecule has 1 fully saturated rings. The van der Waals surface area contributed by atoms with E-state index in [1.807, 2.05) is 11.8 Å². The van der Waals surface area contributed by atoms with E-state index in [-0.39, 0.29) is 0 Å². The molecule has 1 aromatic rings. The molecule has 0 unspecified atom stereocenters. The first kappa shape index (κ1) is 11.0. The fourth-order valence-corrected chi connectivity index (χ4v) is 2.13. The first-order valence-electron chi connectivity index (χ1n) is 5.68. The Morgan fingerprint density at radius 3 is 3.00 bits per heavy atom. The molecule has 1 saturated carbocycles. The highest BCUT2D eigenvalue weighted by atomic mass is 32.2. The molecular weight excluding hydrogens is 202 g/mol. The first-order chi connectivity index (χ1) is 7.40. The molecule has 0 amide bonds. The van der Waals surface area contributed by atoms with Crippen LogP contribution in [0.25, 0.3) is 0 Å². The summed E-state index contributed by atoms with van der Waals surface area (Å²) in [5, 5.41) is 3.47. The SMILES string of the molecule is CSCCNCc1cccc(C2CC2)c1. The number of hydrogen-bond donors (Lipinski definition) is 1. The maximum atomic E-state index is 3.47. The minimum absolute atomic E-state index is 0.871. The molecule has 15 heavy (non-hydrogen) atoms. The van der Waals surface area contributed by atoms with E-state index >= 15 is 0 Å². The summed E-state index contributed by atoms with van der Waals surface area (Å²) in [4.78, 5) is 0. The van der Waals surface area contributed by atoms with Crippen molar-refractivity contribution >= 4 is 11.8 Å². The van der Waals surface area contributed by atoms with E-state index in [4.69, 9.17) is 0 Å². The van der Waals surface area contributed by atoms with Crippen LogP contribution < -0.4 is 5.32 Å². The molecule has 1 N–H and O–H groups in total. The zero-order valence-electron chi connectivity index (χ0n) is 9.33. The van der Waals surface area contributed by atoms with E-state index < -0.39 is 0 Å². The summed E-state index contributed by atoms with van der Waals surface area (Å²) in [6.45, 7) is 2.12. The third-order valence-corrected chi connectivity index (χ3v) is 3.42. The molecule has 1 aromatic carbocycles. The van der Waals surface area contributed by atoms with Crippen molar-refractivity contribution in [3.05, 3.63) is 35.4 Å². The molecule has 1 nitrogen and oxygen atoms in total. The second-order valence-electron chi connectivity index (χ2n) is 4.19. The molecule has 0 aromatic heterocycles. The quantitative estimate of drug-likeness (QED) is 0.741. The summed E-state index contributed by atoms with van der Waals surface area (Å²) in [6, 6.07) is 9.05. The number of thioether (sulfide) groups is 1. The van der Waals surface area contributed by atoms with Crippen LogP contribution in [0.15, 0.2) is 24.3 Å². The second kappa shape index (κ2) is 5.57. The summed E-state index contributed by atoms with van der Waals surface area (Å²) in [5.41, 5.74) is 2.97. The molecule has 0 spiro atoms. The van der Waals surface area contributed by atoms with Crippen LogP contribution in [0, 0.1) is 0 Å². The Morgan fingerprint density at radius 2 is 2.27 bits per heavy atom. The van der Waals surface area contributed by atoms with Crippen molar-refractivity contribution < 1.29 is 0 Å². The molecule has 0 heterocycles. The number of hydrogen-bond acceptors (Lipinski definition) is 2. The fourth-order valence-electron chi connectivity index (χ4n) is 1.78. The maximum absolute atomic E-state index is 3.47. The highest BCUT2D eigenvalue weighted by Gasteiger charge is 2.23. The van der Waals surface area contributed by atoms with Crippen molar-refractivity contribution in [2.45, 2.75) is 25.3 Å². The van der Waals surface area contributed by atoms with E-state index in [9.17, 15) is 0 Å². The summed E-state index contributed by atoms with van der Waals surface area (Å²) in [5.74, 6) is 2.07. The van der Waals surface area contributed by atoms with Gasteiger partial charge >= 0.3 is 0 Å². The Bertz CT molecular complexity index is 307. The van der Waals surface area contributed by atoms with Gasteiger partial charge in [-0.25, -0.2) is 0 Å². The second-order valence-corrected chi connectivity index (χ2v) is 5.17. The Balaban J connectivity index is 1.82. The van der Waals surface area contributed by atoms with Gasteiger partial charge in [0.15, 0.2) is 0 Å². The van der Waals surface area contributed by atoms with Crippen LogP contribution >= 0.6 is 11.8 Å². The molecule has 0 bridgehead atoms. The minimum Gasteiger partial charge on any atom is -0.312 e. The van der Waals surface area contributed by atoms with Gasteiger partial charge in [-0.05, 0) is 36.1 Å². The van der Waals surface area contributed by atoms with E-state index in [0.717, 1.165) is 19.0 Å². The molecule has 2 rings (SSSR count). The summed E-state index contributed by atoms with van der Waals surface area (Å²) < 4.78 is 0. The number of nitrogens with one attached hydrogen (secondary N) is 1. The van der Waals surface area contributed by atoms with Crippen LogP contribution in [-0.2, 0) is 6.54 Å². The lowest BCUT2D eigenvalue weighted by atomic mass is 10.1. The van der Waals surface area contributed by atoms with Crippen LogP contribution in [0.5, 0.6) is 0 Å².